The van der Waals surface area contributed by atoms with Crippen LogP contribution in [0.1, 0.15) is 33.3 Å². The normalized spacial score (nSPS) is 14.1. The number of rotatable bonds is 5. The number of benzene rings is 2. The molecule has 1 atom stereocenters. The van der Waals surface area contributed by atoms with Gasteiger partial charge in [-0.15, -0.1) is 10.2 Å². The average molecular weight is 454 g/mol. The van der Waals surface area contributed by atoms with Crippen LogP contribution in [-0.2, 0) is 10.2 Å². The molecule has 0 saturated carbocycles. The van der Waals surface area contributed by atoms with E-state index in [1.165, 1.54) is 22.0 Å². The minimum absolute atomic E-state index is 0.0654. The Morgan fingerprint density at radius 2 is 1.78 bits per heavy atom. The summed E-state index contributed by atoms with van der Waals surface area (Å²) in [6.45, 7) is 9.31. The minimum Gasteiger partial charge on any atom is -0.486 e. The summed E-state index contributed by atoms with van der Waals surface area (Å²) in [5.41, 5.74) is 2.80. The highest BCUT2D eigenvalue weighted by molar-refractivity contribution is 8.00. The van der Waals surface area contributed by atoms with Gasteiger partial charge in [-0.05, 0) is 30.0 Å². The van der Waals surface area contributed by atoms with Crippen LogP contribution in [0.25, 0.3) is 11.4 Å². The molecule has 0 fully saturated rings. The molecule has 3 N–H and O–H groups in total. The van der Waals surface area contributed by atoms with Crippen LogP contribution < -0.4 is 20.6 Å². The number of nitrogen functional groups attached to an aromatic ring is 1. The Morgan fingerprint density at radius 3 is 2.47 bits per heavy atom. The quantitative estimate of drug-likeness (QED) is 0.447. The van der Waals surface area contributed by atoms with Crippen molar-refractivity contribution < 1.29 is 14.3 Å². The van der Waals surface area contributed by atoms with E-state index in [2.05, 4.69) is 48.4 Å². The number of carbonyl (C=O) groups excluding carboxylic acids is 1. The summed E-state index contributed by atoms with van der Waals surface area (Å²) in [5.74, 6) is 7.92. The Kier molecular flexibility index (Phi) is 6.01. The second kappa shape index (κ2) is 8.74. The second-order valence-corrected chi connectivity index (χ2v) is 9.92. The van der Waals surface area contributed by atoms with Crippen molar-refractivity contribution >= 4 is 23.4 Å². The van der Waals surface area contributed by atoms with E-state index in [-0.39, 0.29) is 11.3 Å². The highest BCUT2D eigenvalue weighted by Crippen LogP contribution is 2.33. The first-order valence-corrected chi connectivity index (χ1v) is 11.3. The van der Waals surface area contributed by atoms with E-state index >= 15 is 0 Å². The molecular weight excluding hydrogens is 426 g/mol. The maximum atomic E-state index is 12.7. The van der Waals surface area contributed by atoms with Crippen LogP contribution in [0.4, 0.5) is 5.69 Å². The molecule has 1 unspecified atom stereocenters. The Morgan fingerprint density at radius 1 is 1.09 bits per heavy atom. The van der Waals surface area contributed by atoms with E-state index in [9.17, 15) is 4.79 Å². The van der Waals surface area contributed by atoms with Crippen molar-refractivity contribution in [2.75, 3.05) is 24.4 Å². The number of nitrogens with two attached hydrogens (primary N) is 1. The predicted octanol–water partition coefficient (Wildman–Crippen LogP) is 3.85. The summed E-state index contributed by atoms with van der Waals surface area (Å²) in [5, 5.41) is 11.3. The van der Waals surface area contributed by atoms with Crippen LogP contribution in [0.15, 0.2) is 47.6 Å². The van der Waals surface area contributed by atoms with Gasteiger partial charge in [-0.2, -0.15) is 0 Å². The maximum absolute atomic E-state index is 12.7. The number of carbonyl (C=O) groups is 1. The topological polar surface area (TPSA) is 104 Å². The molecule has 168 valence electrons. The number of nitrogens with zero attached hydrogens (tertiary/aromatic N) is 3. The van der Waals surface area contributed by atoms with Crippen molar-refractivity contribution in [1.82, 2.24) is 14.9 Å². The first kappa shape index (κ1) is 22.0. The monoisotopic (exact) mass is 453 g/mol. The third-order valence-corrected chi connectivity index (χ3v) is 6.19. The Balaban J connectivity index is 1.43. The molecule has 1 aromatic heterocycles. The Bertz CT molecular complexity index is 1120. The SMILES string of the molecule is CC(Sc1nnc(-c2ccc(C(C)(C)C)cc2)n1N)C(=O)Nc1ccc2c(c1)OCCO2. The smallest absolute Gasteiger partial charge is 0.237 e. The van der Waals surface area contributed by atoms with E-state index in [0.717, 1.165) is 5.56 Å². The lowest BCUT2D eigenvalue weighted by atomic mass is 9.87. The molecule has 1 amide bonds. The van der Waals surface area contributed by atoms with E-state index < -0.39 is 5.25 Å². The zero-order chi connectivity index (χ0) is 22.9. The molecule has 8 nitrogen and oxygen atoms in total. The van der Waals surface area contributed by atoms with E-state index in [1.54, 1.807) is 25.1 Å². The van der Waals surface area contributed by atoms with E-state index in [0.29, 0.717) is 41.4 Å². The molecule has 2 aromatic carbocycles. The molecule has 0 spiro atoms. The van der Waals surface area contributed by atoms with Gasteiger partial charge in [0.05, 0.1) is 5.25 Å². The van der Waals surface area contributed by atoms with Crippen LogP contribution in [-0.4, -0.2) is 39.2 Å². The molecule has 0 aliphatic carbocycles. The summed E-state index contributed by atoms with van der Waals surface area (Å²) >= 11 is 1.25. The maximum Gasteiger partial charge on any atom is 0.237 e. The molecule has 4 rings (SSSR count). The summed E-state index contributed by atoms with van der Waals surface area (Å²) in [6, 6.07) is 13.4. The van der Waals surface area contributed by atoms with Crippen LogP contribution in [0.5, 0.6) is 11.5 Å². The fourth-order valence-electron chi connectivity index (χ4n) is 3.25. The van der Waals surface area contributed by atoms with Gasteiger partial charge in [0.2, 0.25) is 11.1 Å². The predicted molar refractivity (Wildman–Crippen MR) is 126 cm³/mol. The molecule has 3 aromatic rings. The van der Waals surface area contributed by atoms with Gasteiger partial charge >= 0.3 is 0 Å². The fourth-order valence-corrected chi connectivity index (χ4v) is 4.02. The summed E-state index contributed by atoms with van der Waals surface area (Å²) < 4.78 is 12.5. The van der Waals surface area contributed by atoms with Gasteiger partial charge in [-0.1, -0.05) is 56.8 Å². The van der Waals surface area contributed by atoms with Crippen LogP contribution in [0, 0.1) is 0 Å². The fraction of sp³-hybridized carbons (Fsp3) is 0.348. The first-order valence-electron chi connectivity index (χ1n) is 10.4. The van der Waals surface area contributed by atoms with Gasteiger partial charge in [0, 0.05) is 17.3 Å². The number of ether oxygens (including phenoxy) is 2. The number of nitrogens with one attached hydrogen (secondary N) is 1. The van der Waals surface area contributed by atoms with Crippen molar-refractivity contribution in [3.8, 4) is 22.9 Å². The zero-order valence-electron chi connectivity index (χ0n) is 18.6. The molecule has 0 saturated heterocycles. The highest BCUT2D eigenvalue weighted by Gasteiger charge is 2.21. The van der Waals surface area contributed by atoms with Gasteiger partial charge in [0.1, 0.15) is 13.2 Å². The van der Waals surface area contributed by atoms with Crippen molar-refractivity contribution in [2.45, 2.75) is 43.5 Å². The highest BCUT2D eigenvalue weighted by atomic mass is 32.2. The van der Waals surface area contributed by atoms with Crippen molar-refractivity contribution in [3.05, 3.63) is 48.0 Å². The van der Waals surface area contributed by atoms with E-state index in [4.69, 9.17) is 15.3 Å². The lowest BCUT2D eigenvalue weighted by molar-refractivity contribution is -0.115. The minimum atomic E-state index is -0.439. The molecule has 1 aliphatic rings. The van der Waals surface area contributed by atoms with Crippen LogP contribution in [0.2, 0.25) is 0 Å². The van der Waals surface area contributed by atoms with Gasteiger partial charge in [-0.3, -0.25) is 4.79 Å². The molecule has 0 bridgehead atoms. The van der Waals surface area contributed by atoms with Gasteiger partial charge in [0.15, 0.2) is 17.3 Å². The van der Waals surface area contributed by atoms with Gasteiger partial charge in [-0.25, -0.2) is 4.68 Å². The van der Waals surface area contributed by atoms with Gasteiger partial charge < -0.3 is 20.6 Å². The molecule has 2 heterocycles. The number of thioether (sulfide) groups is 1. The standard InChI is InChI=1S/C23H27N5O3S/c1-14(21(29)25-17-9-10-18-19(13-17)31-12-11-30-18)32-22-27-26-20(28(22)24)15-5-7-16(8-6-15)23(2,3)4/h5-10,13-14H,11-12,24H2,1-4H3,(H,25,29). The summed E-state index contributed by atoms with van der Waals surface area (Å²) in [6.07, 6.45) is 0. The van der Waals surface area contributed by atoms with Crippen molar-refractivity contribution in [3.63, 3.8) is 0 Å². The number of amides is 1. The van der Waals surface area contributed by atoms with Crippen molar-refractivity contribution in [1.29, 1.82) is 0 Å². The molecule has 9 heteroatoms. The average Bonchev–Trinajstić information content (AvgIpc) is 3.13. The number of aromatic nitrogens is 3. The Labute approximate surface area is 191 Å². The molecule has 0 radical (unpaired) electrons. The number of anilines is 1. The third kappa shape index (κ3) is 4.67. The van der Waals surface area contributed by atoms with Gasteiger partial charge in [0.25, 0.3) is 0 Å². The number of hydrogen-bond donors (Lipinski definition) is 2. The first-order chi connectivity index (χ1) is 15.2. The zero-order valence-corrected chi connectivity index (χ0v) is 19.4. The number of fused-ring (bicyclic) bond motifs is 1. The van der Waals surface area contributed by atoms with E-state index in [1.807, 2.05) is 12.1 Å². The van der Waals surface area contributed by atoms with Crippen LogP contribution in [0.3, 0.4) is 0 Å². The Hall–Kier alpha value is -3.20. The lowest BCUT2D eigenvalue weighted by Crippen LogP contribution is -2.24. The van der Waals surface area contributed by atoms with Crippen LogP contribution >= 0.6 is 11.8 Å². The molecule has 1 aliphatic heterocycles. The largest absolute Gasteiger partial charge is 0.486 e. The third-order valence-electron chi connectivity index (χ3n) is 5.13. The summed E-state index contributed by atoms with van der Waals surface area (Å²) in [4.78, 5) is 12.7. The second-order valence-electron chi connectivity index (χ2n) is 8.61. The molecular formula is C23H27N5O3S. The van der Waals surface area contributed by atoms with Crippen molar-refractivity contribution in [2.24, 2.45) is 0 Å². The molecule has 32 heavy (non-hydrogen) atoms. The number of hydrogen-bond acceptors (Lipinski definition) is 7. The summed E-state index contributed by atoms with van der Waals surface area (Å²) in [7, 11) is 0. The lowest BCUT2D eigenvalue weighted by Gasteiger charge is -2.19.